The lowest BCUT2D eigenvalue weighted by Crippen LogP contribution is -2.37. The Hall–Kier alpha value is -2.08. The third kappa shape index (κ3) is 6.27. The number of benzene rings is 1. The largest absolute Gasteiger partial charge is 0.350 e. The minimum absolute atomic E-state index is 0.0551. The average Bonchev–Trinajstić information content (AvgIpc) is 2.43. The highest BCUT2D eigenvalue weighted by atomic mass is 16.2. The van der Waals surface area contributed by atoms with Crippen LogP contribution in [0.2, 0.25) is 0 Å². The lowest BCUT2D eigenvalue weighted by atomic mass is 10.2. The second-order valence-corrected chi connectivity index (χ2v) is 5.23. The van der Waals surface area contributed by atoms with Crippen molar-refractivity contribution in [1.29, 1.82) is 0 Å². The van der Waals surface area contributed by atoms with Crippen LogP contribution in [0.1, 0.15) is 31.1 Å². The normalized spacial score (nSPS) is 11.9. The van der Waals surface area contributed by atoms with Crippen molar-refractivity contribution in [3.8, 4) is 0 Å². The van der Waals surface area contributed by atoms with Crippen molar-refractivity contribution in [3.05, 3.63) is 29.8 Å². The van der Waals surface area contributed by atoms with E-state index >= 15 is 0 Å². The fourth-order valence-electron chi connectivity index (χ4n) is 1.62. The van der Waals surface area contributed by atoms with Crippen molar-refractivity contribution in [2.24, 2.45) is 0 Å². The molecule has 1 aromatic carbocycles. The quantitative estimate of drug-likeness (QED) is 0.642. The molecule has 1 atom stereocenters. The topological polar surface area (TPSA) is 82.3 Å². The van der Waals surface area contributed by atoms with Gasteiger partial charge in [-0.1, -0.05) is 6.07 Å². The summed E-state index contributed by atoms with van der Waals surface area (Å²) in [7, 11) is 1.84. The number of nitrogens with one attached hydrogen (secondary N) is 4. The van der Waals surface area contributed by atoms with Crippen LogP contribution >= 0.6 is 0 Å². The Morgan fingerprint density at radius 2 is 1.90 bits per heavy atom. The van der Waals surface area contributed by atoms with Gasteiger partial charge in [-0.15, -0.1) is 0 Å². The smallest absolute Gasteiger partial charge is 0.319 e. The first kappa shape index (κ1) is 17.0. The lowest BCUT2D eigenvalue weighted by Gasteiger charge is -2.13. The van der Waals surface area contributed by atoms with Gasteiger partial charge in [0, 0.05) is 29.9 Å². The molecule has 0 aromatic heterocycles. The maximum atomic E-state index is 12.0. The van der Waals surface area contributed by atoms with Gasteiger partial charge in [-0.05, 0) is 46.0 Å². The summed E-state index contributed by atoms with van der Waals surface area (Å²) >= 11 is 0. The fourth-order valence-corrected chi connectivity index (χ4v) is 1.62. The molecule has 0 saturated heterocycles. The first-order valence-corrected chi connectivity index (χ1v) is 7.05. The van der Waals surface area contributed by atoms with Crippen LogP contribution in [0.5, 0.6) is 0 Å². The van der Waals surface area contributed by atoms with E-state index in [1.54, 1.807) is 24.3 Å². The fraction of sp³-hybridized carbons (Fsp3) is 0.467. The third-order valence-electron chi connectivity index (χ3n) is 2.86. The predicted molar refractivity (Wildman–Crippen MR) is 84.6 cm³/mol. The van der Waals surface area contributed by atoms with Crippen molar-refractivity contribution in [2.75, 3.05) is 18.9 Å². The van der Waals surface area contributed by atoms with Gasteiger partial charge in [-0.25, -0.2) is 4.79 Å². The maximum Gasteiger partial charge on any atom is 0.319 e. The zero-order valence-electron chi connectivity index (χ0n) is 13.0. The van der Waals surface area contributed by atoms with Crippen molar-refractivity contribution in [1.82, 2.24) is 16.0 Å². The number of hydrogen-bond donors (Lipinski definition) is 4. The van der Waals surface area contributed by atoms with E-state index in [1.165, 1.54) is 0 Å². The number of carbonyl (C=O) groups is 2. The second kappa shape index (κ2) is 8.26. The summed E-state index contributed by atoms with van der Waals surface area (Å²) < 4.78 is 0. The molecule has 0 radical (unpaired) electrons. The van der Waals surface area contributed by atoms with E-state index in [0.717, 1.165) is 0 Å². The minimum atomic E-state index is -0.286. The number of rotatable bonds is 6. The summed E-state index contributed by atoms with van der Waals surface area (Å²) in [5.41, 5.74) is 1.10. The van der Waals surface area contributed by atoms with Gasteiger partial charge < -0.3 is 21.3 Å². The molecule has 0 spiro atoms. The summed E-state index contributed by atoms with van der Waals surface area (Å²) in [5, 5.41) is 11.3. The van der Waals surface area contributed by atoms with E-state index in [0.29, 0.717) is 17.8 Å². The molecule has 6 heteroatoms. The van der Waals surface area contributed by atoms with Gasteiger partial charge in [0.25, 0.3) is 5.91 Å². The number of amides is 3. The van der Waals surface area contributed by atoms with E-state index in [9.17, 15) is 9.59 Å². The third-order valence-corrected chi connectivity index (χ3v) is 2.86. The molecule has 1 aromatic rings. The van der Waals surface area contributed by atoms with E-state index < -0.39 is 0 Å². The molecular weight excluding hydrogens is 268 g/mol. The van der Waals surface area contributed by atoms with Gasteiger partial charge in [0.15, 0.2) is 0 Å². The highest BCUT2D eigenvalue weighted by Crippen LogP contribution is 2.10. The van der Waals surface area contributed by atoms with Gasteiger partial charge in [0.05, 0.1) is 0 Å². The molecule has 4 N–H and O–H groups in total. The maximum absolute atomic E-state index is 12.0. The first-order valence-electron chi connectivity index (χ1n) is 7.05. The van der Waals surface area contributed by atoms with E-state index in [2.05, 4.69) is 21.3 Å². The molecule has 0 aliphatic rings. The first-order chi connectivity index (χ1) is 9.92. The highest BCUT2D eigenvalue weighted by molar-refractivity contribution is 5.96. The average molecular weight is 292 g/mol. The Balaban J connectivity index is 2.63. The van der Waals surface area contributed by atoms with Crippen LogP contribution in [0, 0.1) is 0 Å². The van der Waals surface area contributed by atoms with Crippen LogP contribution in [0.3, 0.4) is 0 Å². The Bertz CT molecular complexity index is 488. The lowest BCUT2D eigenvalue weighted by molar-refractivity contribution is 0.0950. The molecule has 0 heterocycles. The van der Waals surface area contributed by atoms with Gasteiger partial charge in [-0.3, -0.25) is 4.79 Å². The SMILES string of the molecule is CNC(C)CNC(=O)c1cccc(NC(=O)NC(C)C)c1. The number of urea groups is 1. The van der Waals surface area contributed by atoms with Crippen LogP contribution in [0.25, 0.3) is 0 Å². The molecule has 0 aliphatic heterocycles. The molecule has 0 fully saturated rings. The molecule has 116 valence electrons. The Morgan fingerprint density at radius 3 is 2.52 bits per heavy atom. The number of carbonyl (C=O) groups excluding carboxylic acids is 2. The monoisotopic (exact) mass is 292 g/mol. The van der Waals surface area contributed by atoms with E-state index in [1.807, 2.05) is 27.8 Å². The van der Waals surface area contributed by atoms with Crippen molar-refractivity contribution in [3.63, 3.8) is 0 Å². The highest BCUT2D eigenvalue weighted by Gasteiger charge is 2.09. The summed E-state index contributed by atoms with van der Waals surface area (Å²) in [4.78, 5) is 23.6. The van der Waals surface area contributed by atoms with Gasteiger partial charge in [0.1, 0.15) is 0 Å². The molecule has 6 nitrogen and oxygen atoms in total. The predicted octanol–water partition coefficient (Wildman–Crippen LogP) is 1.55. The van der Waals surface area contributed by atoms with Gasteiger partial charge in [-0.2, -0.15) is 0 Å². The number of likely N-dealkylation sites (N-methyl/N-ethyl adjacent to an activating group) is 1. The Labute approximate surface area is 125 Å². The van der Waals surface area contributed by atoms with Crippen LogP contribution in [0.4, 0.5) is 10.5 Å². The van der Waals surface area contributed by atoms with Crippen LogP contribution in [0.15, 0.2) is 24.3 Å². The van der Waals surface area contributed by atoms with Crippen molar-refractivity contribution >= 4 is 17.6 Å². The molecule has 3 amide bonds. The Morgan fingerprint density at radius 1 is 1.19 bits per heavy atom. The van der Waals surface area contributed by atoms with E-state index in [4.69, 9.17) is 0 Å². The standard InChI is InChI=1S/C15H24N4O2/c1-10(2)18-15(21)19-13-7-5-6-12(8-13)14(20)17-9-11(3)16-4/h5-8,10-11,16H,9H2,1-4H3,(H,17,20)(H2,18,19,21). The van der Waals surface area contributed by atoms with Crippen LogP contribution in [-0.2, 0) is 0 Å². The summed E-state index contributed by atoms with van der Waals surface area (Å²) in [6, 6.07) is 6.82. The molecule has 1 rings (SSSR count). The molecule has 0 aliphatic carbocycles. The summed E-state index contributed by atoms with van der Waals surface area (Å²) in [6.07, 6.45) is 0. The zero-order valence-corrected chi connectivity index (χ0v) is 13.0. The molecule has 1 unspecified atom stereocenters. The van der Waals surface area contributed by atoms with Crippen LogP contribution in [-0.4, -0.2) is 37.6 Å². The van der Waals surface area contributed by atoms with Crippen molar-refractivity contribution < 1.29 is 9.59 Å². The summed E-state index contributed by atoms with van der Waals surface area (Å²) in [5.74, 6) is -0.162. The minimum Gasteiger partial charge on any atom is -0.350 e. The van der Waals surface area contributed by atoms with Crippen molar-refractivity contribution in [2.45, 2.75) is 32.9 Å². The molecule has 0 bridgehead atoms. The van der Waals surface area contributed by atoms with Gasteiger partial charge in [0.2, 0.25) is 0 Å². The van der Waals surface area contributed by atoms with E-state index in [-0.39, 0.29) is 24.0 Å². The Kier molecular flexibility index (Phi) is 6.68. The van der Waals surface area contributed by atoms with Gasteiger partial charge >= 0.3 is 6.03 Å². The second-order valence-electron chi connectivity index (χ2n) is 5.23. The number of anilines is 1. The number of hydrogen-bond acceptors (Lipinski definition) is 3. The van der Waals surface area contributed by atoms with Crippen LogP contribution < -0.4 is 21.3 Å². The zero-order chi connectivity index (χ0) is 15.8. The molecule has 21 heavy (non-hydrogen) atoms. The molecular formula is C15H24N4O2. The summed E-state index contributed by atoms with van der Waals surface area (Å²) in [6.45, 7) is 6.29. The molecule has 0 saturated carbocycles.